The second-order valence-electron chi connectivity index (χ2n) is 3.55. The predicted octanol–water partition coefficient (Wildman–Crippen LogP) is 1.96. The molecule has 0 aliphatic rings. The van der Waals surface area contributed by atoms with Crippen molar-refractivity contribution in [2.24, 2.45) is 5.73 Å². The van der Waals surface area contributed by atoms with E-state index in [1.54, 1.807) is 0 Å². The quantitative estimate of drug-likeness (QED) is 0.808. The molecule has 1 aromatic heterocycles. The third kappa shape index (κ3) is 3.32. The van der Waals surface area contributed by atoms with Crippen LogP contribution in [0.25, 0.3) is 0 Å². The van der Waals surface area contributed by atoms with Crippen LogP contribution in [0.5, 0.6) is 5.19 Å². The molecule has 1 rings (SSSR count). The Hall–Kier alpha value is -0.610. The maximum Gasteiger partial charge on any atom is 0.273 e. The second-order valence-corrected chi connectivity index (χ2v) is 4.37. The molecule has 0 saturated heterocycles. The van der Waals surface area contributed by atoms with E-state index in [1.165, 1.54) is 11.3 Å². The Morgan fingerprint density at radius 2 is 2.38 bits per heavy atom. The van der Waals surface area contributed by atoms with Crippen LogP contribution in [0.2, 0.25) is 0 Å². The van der Waals surface area contributed by atoms with Gasteiger partial charge in [-0.2, -0.15) is 0 Å². The van der Waals surface area contributed by atoms with Crippen molar-refractivity contribution in [1.29, 1.82) is 0 Å². The van der Waals surface area contributed by atoms with Crippen LogP contribution in [-0.2, 0) is 0 Å². The van der Waals surface area contributed by atoms with E-state index in [1.807, 2.05) is 19.2 Å². The number of hydrogen-bond acceptors (Lipinski definition) is 4. The molecule has 1 aromatic rings. The van der Waals surface area contributed by atoms with E-state index in [-0.39, 0.29) is 5.54 Å². The molecular formula is C9H16N2OS. The minimum absolute atomic E-state index is 0.250. The lowest BCUT2D eigenvalue weighted by Gasteiger charge is -2.21. The van der Waals surface area contributed by atoms with Crippen molar-refractivity contribution in [3.05, 3.63) is 11.1 Å². The highest BCUT2D eigenvalue weighted by Crippen LogP contribution is 2.18. The predicted molar refractivity (Wildman–Crippen MR) is 55.2 cm³/mol. The molecule has 4 heteroatoms. The summed E-state index contributed by atoms with van der Waals surface area (Å²) in [6, 6.07) is 0. The second kappa shape index (κ2) is 4.07. The number of hydrogen-bond donors (Lipinski definition) is 1. The van der Waals surface area contributed by atoms with Crippen molar-refractivity contribution in [1.82, 2.24) is 4.98 Å². The maximum atomic E-state index is 5.92. The minimum Gasteiger partial charge on any atom is -0.468 e. The summed E-state index contributed by atoms with van der Waals surface area (Å²) in [6.07, 6.45) is 0.900. The van der Waals surface area contributed by atoms with Crippen LogP contribution in [0.3, 0.4) is 0 Å². The Morgan fingerprint density at radius 3 is 2.85 bits per heavy atom. The van der Waals surface area contributed by atoms with Gasteiger partial charge < -0.3 is 10.5 Å². The minimum atomic E-state index is -0.250. The number of thiazole rings is 1. The molecule has 1 atom stereocenters. The molecule has 0 bridgehead atoms. The normalized spacial score (nSPS) is 15.4. The standard InChI is InChI=1S/C9H16N2OS/c1-4-9(3,10)6-12-8-11-7(2)5-13-8/h5H,4,6,10H2,1-3H3. The Balaban J connectivity index is 2.43. The Bertz CT molecular complexity index is 270. The van der Waals surface area contributed by atoms with Crippen LogP contribution >= 0.6 is 11.3 Å². The number of aromatic nitrogens is 1. The zero-order chi connectivity index (χ0) is 9.90. The summed E-state index contributed by atoms with van der Waals surface area (Å²) in [5.41, 5.74) is 6.67. The van der Waals surface area contributed by atoms with Crippen LogP contribution in [0.15, 0.2) is 5.38 Å². The van der Waals surface area contributed by atoms with E-state index in [4.69, 9.17) is 10.5 Å². The molecular weight excluding hydrogens is 184 g/mol. The van der Waals surface area contributed by atoms with Crippen molar-refractivity contribution in [2.75, 3.05) is 6.61 Å². The fourth-order valence-electron chi connectivity index (χ4n) is 0.727. The highest BCUT2D eigenvalue weighted by Gasteiger charge is 2.17. The SMILES string of the molecule is CCC(C)(N)COc1nc(C)cs1. The topological polar surface area (TPSA) is 48.1 Å². The van der Waals surface area contributed by atoms with Gasteiger partial charge in [0, 0.05) is 10.9 Å². The number of nitrogens with two attached hydrogens (primary N) is 1. The van der Waals surface area contributed by atoms with Gasteiger partial charge in [0.2, 0.25) is 0 Å². The summed E-state index contributed by atoms with van der Waals surface area (Å²) in [5.74, 6) is 0. The van der Waals surface area contributed by atoms with E-state index < -0.39 is 0 Å². The first-order valence-electron chi connectivity index (χ1n) is 4.37. The average molecular weight is 200 g/mol. The first-order valence-corrected chi connectivity index (χ1v) is 5.25. The number of aryl methyl sites for hydroxylation is 1. The first-order chi connectivity index (χ1) is 6.03. The molecule has 0 fully saturated rings. The van der Waals surface area contributed by atoms with Crippen molar-refractivity contribution >= 4 is 11.3 Å². The summed E-state index contributed by atoms with van der Waals surface area (Å²) in [4.78, 5) is 4.19. The third-order valence-electron chi connectivity index (χ3n) is 1.93. The Kier molecular flexibility index (Phi) is 3.27. The molecule has 3 nitrogen and oxygen atoms in total. The summed E-state index contributed by atoms with van der Waals surface area (Å²) in [6.45, 7) is 6.51. The monoisotopic (exact) mass is 200 g/mol. The van der Waals surface area contributed by atoms with Gasteiger partial charge in [-0.05, 0) is 20.3 Å². The molecule has 0 aromatic carbocycles. The fraction of sp³-hybridized carbons (Fsp3) is 0.667. The molecule has 0 amide bonds. The van der Waals surface area contributed by atoms with E-state index in [9.17, 15) is 0 Å². The zero-order valence-corrected chi connectivity index (χ0v) is 9.15. The lowest BCUT2D eigenvalue weighted by molar-refractivity contribution is 0.225. The number of nitrogens with zero attached hydrogens (tertiary/aromatic N) is 1. The van der Waals surface area contributed by atoms with E-state index in [0.29, 0.717) is 11.8 Å². The van der Waals surface area contributed by atoms with Crippen LogP contribution in [0.1, 0.15) is 26.0 Å². The van der Waals surface area contributed by atoms with Gasteiger partial charge in [-0.1, -0.05) is 18.3 Å². The zero-order valence-electron chi connectivity index (χ0n) is 8.33. The Morgan fingerprint density at radius 1 is 1.69 bits per heavy atom. The molecule has 0 aliphatic heterocycles. The molecule has 74 valence electrons. The molecule has 0 saturated carbocycles. The van der Waals surface area contributed by atoms with Crippen molar-refractivity contribution in [3.8, 4) is 5.19 Å². The molecule has 0 aliphatic carbocycles. The third-order valence-corrected chi connectivity index (χ3v) is 2.80. The summed E-state index contributed by atoms with van der Waals surface area (Å²) in [7, 11) is 0. The summed E-state index contributed by atoms with van der Waals surface area (Å²) >= 11 is 1.51. The van der Waals surface area contributed by atoms with Crippen LogP contribution < -0.4 is 10.5 Å². The van der Waals surface area contributed by atoms with E-state index in [0.717, 1.165) is 12.1 Å². The van der Waals surface area contributed by atoms with Gasteiger partial charge in [-0.15, -0.1) is 0 Å². The van der Waals surface area contributed by atoms with Gasteiger partial charge in [0.25, 0.3) is 5.19 Å². The largest absolute Gasteiger partial charge is 0.468 e. The Labute approximate surface area is 82.9 Å². The first kappa shape index (κ1) is 10.5. The highest BCUT2D eigenvalue weighted by atomic mass is 32.1. The number of ether oxygens (including phenoxy) is 1. The maximum absolute atomic E-state index is 5.92. The van der Waals surface area contributed by atoms with Crippen molar-refractivity contribution in [2.45, 2.75) is 32.7 Å². The molecule has 0 radical (unpaired) electrons. The molecule has 1 unspecified atom stereocenters. The van der Waals surface area contributed by atoms with Gasteiger partial charge >= 0.3 is 0 Å². The van der Waals surface area contributed by atoms with Crippen LogP contribution in [0, 0.1) is 6.92 Å². The fourth-order valence-corrected chi connectivity index (χ4v) is 1.38. The number of rotatable bonds is 4. The molecule has 1 heterocycles. The molecule has 2 N–H and O–H groups in total. The van der Waals surface area contributed by atoms with Gasteiger partial charge in [0.15, 0.2) is 0 Å². The summed E-state index contributed by atoms with van der Waals surface area (Å²) < 4.78 is 5.46. The smallest absolute Gasteiger partial charge is 0.273 e. The van der Waals surface area contributed by atoms with Gasteiger partial charge in [-0.3, -0.25) is 0 Å². The average Bonchev–Trinajstić information content (AvgIpc) is 2.48. The van der Waals surface area contributed by atoms with E-state index in [2.05, 4.69) is 11.9 Å². The summed E-state index contributed by atoms with van der Waals surface area (Å²) in [5, 5.41) is 2.68. The van der Waals surface area contributed by atoms with Crippen LogP contribution in [0.4, 0.5) is 0 Å². The van der Waals surface area contributed by atoms with Gasteiger partial charge in [0.1, 0.15) is 6.61 Å². The van der Waals surface area contributed by atoms with Gasteiger partial charge in [0.05, 0.1) is 5.69 Å². The van der Waals surface area contributed by atoms with Crippen molar-refractivity contribution in [3.63, 3.8) is 0 Å². The highest BCUT2D eigenvalue weighted by molar-refractivity contribution is 7.11. The van der Waals surface area contributed by atoms with Crippen LogP contribution in [-0.4, -0.2) is 17.1 Å². The van der Waals surface area contributed by atoms with E-state index >= 15 is 0 Å². The van der Waals surface area contributed by atoms with Crippen molar-refractivity contribution < 1.29 is 4.74 Å². The lowest BCUT2D eigenvalue weighted by atomic mass is 10.0. The lowest BCUT2D eigenvalue weighted by Crippen LogP contribution is -2.41. The van der Waals surface area contributed by atoms with Gasteiger partial charge in [-0.25, -0.2) is 4.98 Å². The molecule has 0 spiro atoms. The molecule has 13 heavy (non-hydrogen) atoms.